The van der Waals surface area contributed by atoms with E-state index in [1.165, 1.54) is 12.4 Å². The number of aromatic nitrogens is 5. The van der Waals surface area contributed by atoms with Gasteiger partial charge in [-0.15, -0.1) is 0 Å². The number of hydrogen-bond donors (Lipinski definition) is 2. The van der Waals surface area contributed by atoms with Gasteiger partial charge in [0, 0.05) is 35.7 Å². The maximum atomic E-state index is 14.8. The van der Waals surface area contributed by atoms with Crippen molar-refractivity contribution in [2.24, 2.45) is 17.8 Å². The molecule has 158 valence electrons. The van der Waals surface area contributed by atoms with Crippen LogP contribution in [0.4, 0.5) is 4.39 Å². The first-order valence-electron chi connectivity index (χ1n) is 10.4. The molecule has 2 atom stereocenters. The average Bonchev–Trinajstić information content (AvgIpc) is 3.34. The fourth-order valence-electron chi connectivity index (χ4n) is 5.68. The van der Waals surface area contributed by atoms with E-state index in [2.05, 4.69) is 15.0 Å². The van der Waals surface area contributed by atoms with Crippen molar-refractivity contribution in [2.45, 2.75) is 31.7 Å². The Morgan fingerprint density at radius 2 is 1.94 bits per heavy atom. The normalized spacial score (nSPS) is 25.5. The van der Waals surface area contributed by atoms with Gasteiger partial charge < -0.3 is 14.7 Å². The molecule has 0 radical (unpaired) electrons. The van der Waals surface area contributed by atoms with Crippen molar-refractivity contribution in [3.05, 3.63) is 41.7 Å². The fraction of sp³-hybridized carbons (Fsp3) is 0.364. The van der Waals surface area contributed by atoms with E-state index in [0.717, 1.165) is 31.1 Å². The summed E-state index contributed by atoms with van der Waals surface area (Å²) in [5.41, 5.74) is 1.79. The van der Waals surface area contributed by atoms with Crippen molar-refractivity contribution in [3.63, 3.8) is 0 Å². The van der Waals surface area contributed by atoms with Crippen LogP contribution in [0.1, 0.15) is 31.7 Å². The molecule has 9 heteroatoms. The summed E-state index contributed by atoms with van der Waals surface area (Å²) >= 11 is 6.12. The number of nitrogens with one attached hydrogen (secondary N) is 1. The molecule has 0 aliphatic heterocycles. The number of pyridine rings is 1. The number of carboxylic acid groups (broad SMARTS) is 1. The molecule has 2 bridgehead atoms. The predicted octanol–water partition coefficient (Wildman–Crippen LogP) is 4.83. The molecule has 0 amide bonds. The number of fused-ring (bicyclic) bond motifs is 5. The van der Waals surface area contributed by atoms with E-state index in [-0.39, 0.29) is 17.9 Å². The topological polar surface area (TPSA) is 96.7 Å². The van der Waals surface area contributed by atoms with Gasteiger partial charge in [-0.05, 0) is 43.6 Å². The van der Waals surface area contributed by atoms with Crippen LogP contribution in [0.5, 0.6) is 0 Å². The Hall–Kier alpha value is -3.00. The molecular formula is C22H19ClFN5O2. The van der Waals surface area contributed by atoms with E-state index < -0.39 is 17.7 Å². The van der Waals surface area contributed by atoms with Gasteiger partial charge in [0.25, 0.3) is 0 Å². The van der Waals surface area contributed by atoms with E-state index in [0.29, 0.717) is 33.1 Å². The molecule has 4 heterocycles. The highest BCUT2D eigenvalue weighted by atomic mass is 35.5. The molecule has 3 fully saturated rings. The van der Waals surface area contributed by atoms with Gasteiger partial charge >= 0.3 is 5.97 Å². The molecule has 0 unspecified atom stereocenters. The lowest BCUT2D eigenvalue weighted by Gasteiger charge is -2.47. The third kappa shape index (κ3) is 2.77. The summed E-state index contributed by atoms with van der Waals surface area (Å²) in [6, 6.07) is 1.47. The van der Waals surface area contributed by atoms with Crippen molar-refractivity contribution >= 4 is 39.6 Å². The third-order valence-corrected chi connectivity index (χ3v) is 7.25. The fourth-order valence-corrected chi connectivity index (χ4v) is 5.83. The number of aliphatic carboxylic acids is 1. The first kappa shape index (κ1) is 18.7. The van der Waals surface area contributed by atoms with Crippen molar-refractivity contribution in [3.8, 4) is 11.4 Å². The molecule has 7 nitrogen and oxygen atoms in total. The Bertz CT molecular complexity index is 1340. The Morgan fingerprint density at radius 3 is 2.71 bits per heavy atom. The summed E-state index contributed by atoms with van der Waals surface area (Å²) in [5, 5.41) is 11.5. The SMILES string of the molecule is O=C(O)[C@@H]1C2CCC(CC2)[C@H]1n1cc(F)c2cnc(-c3c[nH]c4ncc(Cl)cc34)nc21. The summed E-state index contributed by atoms with van der Waals surface area (Å²) in [4.78, 5) is 28.6. The quantitative estimate of drug-likeness (QED) is 0.476. The molecule has 4 aromatic rings. The van der Waals surface area contributed by atoms with Gasteiger partial charge in [-0.3, -0.25) is 4.79 Å². The van der Waals surface area contributed by atoms with Crippen molar-refractivity contribution < 1.29 is 14.3 Å². The van der Waals surface area contributed by atoms with Crippen LogP contribution in [-0.4, -0.2) is 35.6 Å². The predicted molar refractivity (Wildman–Crippen MR) is 113 cm³/mol. The molecular weight excluding hydrogens is 421 g/mol. The minimum absolute atomic E-state index is 0.121. The van der Waals surface area contributed by atoms with E-state index in [4.69, 9.17) is 16.6 Å². The standard InChI is InChI=1S/C22H19ClFN5O2/c23-12-5-13-14(7-26-19(13)25-6-12)20-27-8-15-16(24)9-29(21(15)28-20)18-11-3-1-10(2-4-11)17(18)22(30)31/h5-11,17-18H,1-4H2,(H,25,26)(H,30,31)/t10?,11?,17-,18-/m1/s1. The first-order valence-corrected chi connectivity index (χ1v) is 10.8. The molecule has 7 rings (SSSR count). The number of H-pyrrole nitrogens is 1. The van der Waals surface area contributed by atoms with Gasteiger partial charge in [0.1, 0.15) is 11.3 Å². The molecule has 0 aromatic carbocycles. The number of hydrogen-bond acceptors (Lipinski definition) is 4. The Kier molecular flexibility index (Phi) is 4.08. The van der Waals surface area contributed by atoms with Gasteiger partial charge in [0.2, 0.25) is 0 Å². The zero-order valence-corrected chi connectivity index (χ0v) is 17.2. The monoisotopic (exact) mass is 439 g/mol. The summed E-state index contributed by atoms with van der Waals surface area (Å²) in [6.45, 7) is 0. The zero-order valence-electron chi connectivity index (χ0n) is 16.4. The number of carboxylic acids is 1. The second-order valence-electron chi connectivity index (χ2n) is 8.60. The number of carbonyl (C=O) groups is 1. The molecule has 0 spiro atoms. The maximum Gasteiger partial charge on any atom is 0.308 e. The van der Waals surface area contributed by atoms with Crippen LogP contribution in [0.25, 0.3) is 33.5 Å². The van der Waals surface area contributed by atoms with Crippen molar-refractivity contribution in [1.82, 2.24) is 24.5 Å². The Labute approximate surface area is 181 Å². The van der Waals surface area contributed by atoms with Crippen LogP contribution >= 0.6 is 11.6 Å². The largest absolute Gasteiger partial charge is 0.481 e. The second kappa shape index (κ2) is 6.75. The Balaban J connectivity index is 1.53. The van der Waals surface area contributed by atoms with E-state index in [1.54, 1.807) is 23.0 Å². The molecule has 3 saturated carbocycles. The highest BCUT2D eigenvalue weighted by Crippen LogP contribution is 2.52. The van der Waals surface area contributed by atoms with Gasteiger partial charge in [-0.1, -0.05) is 11.6 Å². The maximum absolute atomic E-state index is 14.8. The van der Waals surface area contributed by atoms with Crippen LogP contribution in [0.2, 0.25) is 5.02 Å². The number of aromatic amines is 1. The number of halogens is 2. The summed E-state index contributed by atoms with van der Waals surface area (Å²) in [5.74, 6) is -1.04. The minimum Gasteiger partial charge on any atom is -0.481 e. The first-order chi connectivity index (χ1) is 15.0. The molecule has 3 aliphatic carbocycles. The molecule has 2 N–H and O–H groups in total. The molecule has 4 aromatic heterocycles. The summed E-state index contributed by atoms with van der Waals surface area (Å²) in [7, 11) is 0. The molecule has 31 heavy (non-hydrogen) atoms. The third-order valence-electron chi connectivity index (χ3n) is 7.04. The number of rotatable bonds is 3. The van der Waals surface area contributed by atoms with Crippen molar-refractivity contribution in [2.75, 3.05) is 0 Å². The average molecular weight is 440 g/mol. The van der Waals surface area contributed by atoms with E-state index in [9.17, 15) is 14.3 Å². The number of nitrogens with zero attached hydrogens (tertiary/aromatic N) is 4. The van der Waals surface area contributed by atoms with Gasteiger partial charge in [-0.2, -0.15) is 0 Å². The van der Waals surface area contributed by atoms with Crippen LogP contribution in [0, 0.1) is 23.6 Å². The van der Waals surface area contributed by atoms with E-state index >= 15 is 0 Å². The van der Waals surface area contributed by atoms with Crippen LogP contribution in [0.3, 0.4) is 0 Å². The van der Waals surface area contributed by atoms with Crippen molar-refractivity contribution in [1.29, 1.82) is 0 Å². The van der Waals surface area contributed by atoms with Gasteiger partial charge in [0.15, 0.2) is 11.6 Å². The van der Waals surface area contributed by atoms with Crippen LogP contribution in [-0.2, 0) is 4.79 Å². The van der Waals surface area contributed by atoms with E-state index in [1.807, 2.05) is 0 Å². The van der Waals surface area contributed by atoms with Gasteiger partial charge in [0.05, 0.1) is 22.4 Å². The molecule has 3 aliphatic rings. The van der Waals surface area contributed by atoms with Gasteiger partial charge in [-0.25, -0.2) is 19.3 Å². The summed E-state index contributed by atoms with van der Waals surface area (Å²) < 4.78 is 16.6. The lowest BCUT2D eigenvalue weighted by molar-refractivity contribution is -0.151. The van der Waals surface area contributed by atoms with Crippen LogP contribution < -0.4 is 0 Å². The smallest absolute Gasteiger partial charge is 0.308 e. The summed E-state index contributed by atoms with van der Waals surface area (Å²) in [6.07, 6.45) is 9.94. The lowest BCUT2D eigenvalue weighted by atomic mass is 9.61. The molecule has 0 saturated heterocycles. The highest BCUT2D eigenvalue weighted by molar-refractivity contribution is 6.31. The zero-order chi connectivity index (χ0) is 21.3. The lowest BCUT2D eigenvalue weighted by Crippen LogP contribution is -2.44. The van der Waals surface area contributed by atoms with Crippen LogP contribution in [0.15, 0.2) is 30.9 Å². The highest BCUT2D eigenvalue weighted by Gasteiger charge is 2.48. The minimum atomic E-state index is -0.812. The Morgan fingerprint density at radius 1 is 1.16 bits per heavy atom. The second-order valence-corrected chi connectivity index (χ2v) is 9.03.